The molecule has 3 N–H and O–H groups in total. The number of allylic oxidation sites excluding steroid dienone is 2. The number of hydrogen-bond donors (Lipinski definition) is 3. The van der Waals surface area contributed by atoms with Crippen LogP contribution in [0.1, 0.15) is 54.4 Å². The first kappa shape index (κ1) is 40.4. The van der Waals surface area contributed by atoms with Crippen LogP contribution in [-0.2, 0) is 47.5 Å². The van der Waals surface area contributed by atoms with E-state index in [0.717, 1.165) is 0 Å². The molecule has 0 amide bonds. The number of carbonyl (C=O) groups is 2. The van der Waals surface area contributed by atoms with Crippen LogP contribution in [0.15, 0.2) is 36.5 Å². The second-order valence-corrected chi connectivity index (χ2v) is 13.4. The SMILES string of the molecule is COC1CC(C)OC(OC2C(C)C=CC(=O)OC(C)C(COC3OC(C)C(O)C(OC)C3OC)C=CC=CC(=O)C(C)(O)CC2C)C1O. The lowest BCUT2D eigenvalue weighted by Gasteiger charge is -2.42. The van der Waals surface area contributed by atoms with Crippen molar-refractivity contribution in [2.75, 3.05) is 27.9 Å². The molecule has 13 nitrogen and oxygen atoms in total. The molecule has 3 heterocycles. The molecule has 0 radical (unpaired) electrons. The molecular weight excluding hydrogens is 628 g/mol. The second-order valence-electron chi connectivity index (χ2n) is 13.4. The summed E-state index contributed by atoms with van der Waals surface area (Å²) in [6, 6.07) is 0. The summed E-state index contributed by atoms with van der Waals surface area (Å²) in [6.45, 7) is 10.4. The molecule has 2 saturated heterocycles. The van der Waals surface area contributed by atoms with Crippen LogP contribution in [0.4, 0.5) is 0 Å². The van der Waals surface area contributed by atoms with E-state index < -0.39 is 96.5 Å². The van der Waals surface area contributed by atoms with Gasteiger partial charge >= 0.3 is 5.97 Å². The molecule has 3 aliphatic rings. The predicted octanol–water partition coefficient (Wildman–Crippen LogP) is 2.25. The molecule has 15 atom stereocenters. The van der Waals surface area contributed by atoms with Crippen LogP contribution in [0.2, 0.25) is 0 Å². The third kappa shape index (κ3) is 10.5. The van der Waals surface area contributed by atoms with Crippen molar-refractivity contribution < 1.29 is 62.8 Å². The maximum Gasteiger partial charge on any atom is 0.330 e. The number of ketones is 1. The van der Waals surface area contributed by atoms with E-state index in [4.69, 9.17) is 37.9 Å². The van der Waals surface area contributed by atoms with Crippen molar-refractivity contribution in [1.29, 1.82) is 0 Å². The Morgan fingerprint density at radius 3 is 2.17 bits per heavy atom. The Morgan fingerprint density at radius 1 is 0.833 bits per heavy atom. The molecule has 0 aromatic rings. The minimum absolute atomic E-state index is 0.0321. The third-order valence-corrected chi connectivity index (χ3v) is 9.43. The largest absolute Gasteiger partial charge is 0.459 e. The van der Waals surface area contributed by atoms with E-state index in [0.29, 0.717) is 6.42 Å². The highest BCUT2D eigenvalue weighted by Crippen LogP contribution is 2.32. The van der Waals surface area contributed by atoms with Gasteiger partial charge < -0.3 is 53.2 Å². The van der Waals surface area contributed by atoms with Crippen molar-refractivity contribution in [2.24, 2.45) is 17.8 Å². The first-order chi connectivity index (χ1) is 22.6. The van der Waals surface area contributed by atoms with Gasteiger partial charge in [-0.25, -0.2) is 4.79 Å². The van der Waals surface area contributed by atoms with Gasteiger partial charge in [-0.1, -0.05) is 38.2 Å². The summed E-state index contributed by atoms with van der Waals surface area (Å²) in [6.07, 6.45) is 1.67. The smallest absolute Gasteiger partial charge is 0.330 e. The van der Waals surface area contributed by atoms with Gasteiger partial charge in [0, 0.05) is 45.7 Å². The highest BCUT2D eigenvalue weighted by atomic mass is 16.7. The molecule has 0 aromatic carbocycles. The molecule has 48 heavy (non-hydrogen) atoms. The van der Waals surface area contributed by atoms with Crippen molar-refractivity contribution in [3.05, 3.63) is 36.5 Å². The summed E-state index contributed by atoms with van der Waals surface area (Å²) in [5.74, 6) is -2.42. The van der Waals surface area contributed by atoms with Crippen LogP contribution in [0.5, 0.6) is 0 Å². The van der Waals surface area contributed by atoms with Crippen molar-refractivity contribution in [2.45, 2.75) is 128 Å². The number of carbonyl (C=O) groups excluding carboxylic acids is 2. The first-order valence-corrected chi connectivity index (χ1v) is 16.7. The highest BCUT2D eigenvalue weighted by Gasteiger charge is 2.45. The summed E-state index contributed by atoms with van der Waals surface area (Å²) in [5.41, 5.74) is -1.73. The zero-order chi connectivity index (χ0) is 35.8. The number of ether oxygens (including phenoxy) is 8. The summed E-state index contributed by atoms with van der Waals surface area (Å²) in [4.78, 5) is 26.2. The van der Waals surface area contributed by atoms with E-state index in [1.807, 2.05) is 20.8 Å². The topological polar surface area (TPSA) is 169 Å². The van der Waals surface area contributed by atoms with Crippen LogP contribution in [0.25, 0.3) is 0 Å². The Balaban J connectivity index is 1.85. The average Bonchev–Trinajstić information content (AvgIpc) is 3.03. The lowest BCUT2D eigenvalue weighted by Crippen LogP contribution is -2.59. The minimum atomic E-state index is -1.73. The van der Waals surface area contributed by atoms with Gasteiger partial charge in [0.2, 0.25) is 0 Å². The second kappa shape index (κ2) is 18.3. The number of rotatable bonds is 8. The third-order valence-electron chi connectivity index (χ3n) is 9.43. The predicted molar refractivity (Wildman–Crippen MR) is 174 cm³/mol. The fraction of sp³-hybridized carbons (Fsp3) is 0.771. The first-order valence-electron chi connectivity index (χ1n) is 16.7. The fourth-order valence-corrected chi connectivity index (χ4v) is 6.50. The standard InChI is InChI=1S/C35H56O13/c1-19-14-15-27(37)46-22(4)24(18-44-34-32(43-9)31(42-8)28(38)23(5)47-34)12-10-11-13-26(36)35(6,40)17-20(2)30(19)48-33-29(39)25(41-7)16-21(3)45-33/h10-15,19-25,28-34,38-40H,16-18H2,1-9H3. The molecule has 15 unspecified atom stereocenters. The zero-order valence-electron chi connectivity index (χ0n) is 29.6. The monoisotopic (exact) mass is 684 g/mol. The van der Waals surface area contributed by atoms with Gasteiger partial charge in [-0.05, 0) is 46.1 Å². The number of hydrogen-bond acceptors (Lipinski definition) is 13. The molecule has 2 fully saturated rings. The lowest BCUT2D eigenvalue weighted by atomic mass is 9.82. The fourth-order valence-electron chi connectivity index (χ4n) is 6.50. The Morgan fingerprint density at radius 2 is 1.52 bits per heavy atom. The summed E-state index contributed by atoms with van der Waals surface area (Å²) in [7, 11) is 4.46. The van der Waals surface area contributed by atoms with Crippen LogP contribution < -0.4 is 0 Å². The molecule has 3 rings (SSSR count). The number of cyclic esters (lactones) is 1. The van der Waals surface area contributed by atoms with Crippen molar-refractivity contribution in [3.63, 3.8) is 0 Å². The minimum Gasteiger partial charge on any atom is -0.459 e. The van der Waals surface area contributed by atoms with Gasteiger partial charge in [0.05, 0.1) is 31.0 Å². The molecule has 0 spiro atoms. The number of aliphatic hydroxyl groups excluding tert-OH is 2. The quantitative estimate of drug-likeness (QED) is 0.319. The Kier molecular flexibility index (Phi) is 15.4. The molecule has 274 valence electrons. The van der Waals surface area contributed by atoms with E-state index in [1.54, 1.807) is 32.1 Å². The molecule has 0 aliphatic carbocycles. The Hall–Kier alpha value is -2.04. The van der Waals surface area contributed by atoms with E-state index in [-0.39, 0.29) is 19.1 Å². The molecule has 0 aromatic heterocycles. The van der Waals surface area contributed by atoms with E-state index in [9.17, 15) is 24.9 Å². The molecule has 13 heteroatoms. The van der Waals surface area contributed by atoms with Gasteiger partial charge in [-0.2, -0.15) is 0 Å². The normalized spacial score (nSPS) is 43.7. The van der Waals surface area contributed by atoms with Crippen LogP contribution in [0.3, 0.4) is 0 Å². The Labute approximate surface area is 284 Å². The number of methoxy groups -OCH3 is 3. The van der Waals surface area contributed by atoms with Gasteiger partial charge in [0.25, 0.3) is 0 Å². The van der Waals surface area contributed by atoms with Gasteiger partial charge in [0.15, 0.2) is 18.4 Å². The average molecular weight is 685 g/mol. The summed E-state index contributed by atoms with van der Waals surface area (Å²) >= 11 is 0. The van der Waals surface area contributed by atoms with Crippen molar-refractivity contribution >= 4 is 11.8 Å². The van der Waals surface area contributed by atoms with Crippen LogP contribution >= 0.6 is 0 Å². The zero-order valence-corrected chi connectivity index (χ0v) is 29.6. The molecule has 0 saturated carbocycles. The van der Waals surface area contributed by atoms with E-state index in [2.05, 4.69) is 0 Å². The highest BCUT2D eigenvalue weighted by molar-refractivity contribution is 5.96. The number of esters is 1. The molecular formula is C35H56O13. The summed E-state index contributed by atoms with van der Waals surface area (Å²) < 4.78 is 46.5. The maximum absolute atomic E-state index is 13.2. The number of aliphatic hydroxyl groups is 3. The van der Waals surface area contributed by atoms with E-state index >= 15 is 0 Å². The van der Waals surface area contributed by atoms with E-state index in [1.165, 1.54) is 46.5 Å². The Bertz CT molecular complexity index is 1120. The molecule has 0 bridgehead atoms. The summed E-state index contributed by atoms with van der Waals surface area (Å²) in [5, 5.41) is 32.6. The van der Waals surface area contributed by atoms with Crippen LogP contribution in [-0.4, -0.2) is 128 Å². The van der Waals surface area contributed by atoms with Crippen molar-refractivity contribution in [1.82, 2.24) is 0 Å². The van der Waals surface area contributed by atoms with Crippen LogP contribution in [0, 0.1) is 17.8 Å². The van der Waals surface area contributed by atoms with Gasteiger partial charge in [-0.3, -0.25) is 4.79 Å². The van der Waals surface area contributed by atoms with Gasteiger partial charge in [-0.15, -0.1) is 0 Å². The lowest BCUT2D eigenvalue weighted by molar-refractivity contribution is -0.304. The molecule has 3 aliphatic heterocycles. The maximum atomic E-state index is 13.2. The van der Waals surface area contributed by atoms with Crippen molar-refractivity contribution in [3.8, 4) is 0 Å². The van der Waals surface area contributed by atoms with Gasteiger partial charge in [0.1, 0.15) is 36.1 Å².